The molecule has 0 aromatic carbocycles. The monoisotopic (exact) mass is 302 g/mol. The highest BCUT2D eigenvalue weighted by atomic mass is 32.1. The molecular weight excluding hydrogens is 284 g/mol. The zero-order valence-electron chi connectivity index (χ0n) is 11.7. The van der Waals surface area contributed by atoms with Gasteiger partial charge in [0.15, 0.2) is 0 Å². The molecule has 4 nitrogen and oxygen atoms in total. The lowest BCUT2D eigenvalue weighted by atomic mass is 9.84. The van der Waals surface area contributed by atoms with Crippen molar-refractivity contribution in [3.05, 3.63) is 35.6 Å². The van der Waals surface area contributed by atoms with Crippen LogP contribution in [0.5, 0.6) is 0 Å². The number of thiophene rings is 1. The van der Waals surface area contributed by atoms with Crippen molar-refractivity contribution in [2.24, 2.45) is 5.92 Å². The third-order valence-electron chi connectivity index (χ3n) is 4.61. The summed E-state index contributed by atoms with van der Waals surface area (Å²) in [6, 6.07) is 6.13. The second-order valence-electron chi connectivity index (χ2n) is 5.89. The lowest BCUT2D eigenvalue weighted by molar-refractivity contribution is 0.0622. The molecule has 1 atom stereocenters. The van der Waals surface area contributed by atoms with Gasteiger partial charge in [0.05, 0.1) is 17.4 Å². The Hall–Kier alpha value is -1.59. The number of hydrogen-bond acceptors (Lipinski definition) is 4. The van der Waals surface area contributed by atoms with Crippen molar-refractivity contribution in [3.63, 3.8) is 0 Å². The van der Waals surface area contributed by atoms with E-state index in [1.807, 2.05) is 18.2 Å². The van der Waals surface area contributed by atoms with E-state index in [9.17, 15) is 4.79 Å². The van der Waals surface area contributed by atoms with Crippen LogP contribution in [0.15, 0.2) is 35.1 Å². The molecule has 2 aromatic rings. The highest BCUT2D eigenvalue weighted by Crippen LogP contribution is 2.30. The summed E-state index contributed by atoms with van der Waals surface area (Å²) in [5, 5.41) is 3.23. The molecule has 21 heavy (non-hydrogen) atoms. The fourth-order valence-electron chi connectivity index (χ4n) is 3.39. The first-order valence-electron chi connectivity index (χ1n) is 7.45. The molecule has 5 rings (SSSR count). The average molecular weight is 302 g/mol. The molecule has 3 aliphatic rings. The molecule has 0 unspecified atom stereocenters. The van der Waals surface area contributed by atoms with Gasteiger partial charge in [-0.1, -0.05) is 0 Å². The molecule has 1 N–H and O–H groups in total. The Bertz CT molecular complexity index is 627. The minimum absolute atomic E-state index is 0.0634. The average Bonchev–Trinajstić information content (AvgIpc) is 3.20. The molecule has 0 saturated carbocycles. The lowest BCUT2D eigenvalue weighted by Crippen LogP contribution is -2.57. The molecule has 5 heteroatoms. The van der Waals surface area contributed by atoms with Crippen LogP contribution in [-0.4, -0.2) is 36.5 Å². The van der Waals surface area contributed by atoms with Crippen LogP contribution in [0, 0.1) is 5.92 Å². The largest absolute Gasteiger partial charge is 0.472 e. The van der Waals surface area contributed by atoms with E-state index in [1.165, 1.54) is 37.3 Å². The van der Waals surface area contributed by atoms with Gasteiger partial charge in [-0.15, -0.1) is 11.3 Å². The Kier molecular flexibility index (Phi) is 3.31. The van der Waals surface area contributed by atoms with Gasteiger partial charge in [-0.05, 0) is 50.0 Å². The van der Waals surface area contributed by atoms with Gasteiger partial charge in [0, 0.05) is 23.0 Å². The molecule has 3 aliphatic heterocycles. The third kappa shape index (κ3) is 2.51. The molecule has 0 radical (unpaired) electrons. The number of piperidine rings is 3. The molecule has 2 aromatic heterocycles. The van der Waals surface area contributed by atoms with Crippen LogP contribution in [-0.2, 0) is 0 Å². The van der Waals surface area contributed by atoms with E-state index < -0.39 is 0 Å². The van der Waals surface area contributed by atoms with Crippen LogP contribution >= 0.6 is 11.3 Å². The van der Waals surface area contributed by atoms with Gasteiger partial charge >= 0.3 is 0 Å². The number of nitrogens with zero attached hydrogens (tertiary/aromatic N) is 1. The van der Waals surface area contributed by atoms with E-state index in [0.717, 1.165) is 21.9 Å². The molecule has 1 amide bonds. The predicted molar refractivity (Wildman–Crippen MR) is 82.4 cm³/mol. The lowest BCUT2D eigenvalue weighted by Gasteiger charge is -2.44. The van der Waals surface area contributed by atoms with E-state index in [4.69, 9.17) is 4.42 Å². The van der Waals surface area contributed by atoms with Gasteiger partial charge in [0.25, 0.3) is 5.91 Å². The number of furan rings is 1. The van der Waals surface area contributed by atoms with E-state index >= 15 is 0 Å². The van der Waals surface area contributed by atoms with Gasteiger partial charge < -0.3 is 14.6 Å². The van der Waals surface area contributed by atoms with E-state index in [2.05, 4.69) is 10.2 Å². The van der Waals surface area contributed by atoms with Crippen molar-refractivity contribution in [1.82, 2.24) is 10.2 Å². The predicted octanol–water partition coefficient (Wildman–Crippen LogP) is 2.83. The van der Waals surface area contributed by atoms with Gasteiger partial charge in [-0.3, -0.25) is 4.79 Å². The number of rotatable bonds is 3. The Morgan fingerprint density at radius 3 is 2.81 bits per heavy atom. The molecule has 0 spiro atoms. The second-order valence-corrected chi connectivity index (χ2v) is 6.98. The Morgan fingerprint density at radius 2 is 2.14 bits per heavy atom. The van der Waals surface area contributed by atoms with Crippen LogP contribution < -0.4 is 5.32 Å². The fourth-order valence-corrected chi connectivity index (χ4v) is 4.28. The summed E-state index contributed by atoms with van der Waals surface area (Å²) in [6.07, 6.45) is 5.80. The number of nitrogens with one attached hydrogen (secondary N) is 1. The minimum Gasteiger partial charge on any atom is -0.472 e. The minimum atomic E-state index is 0.0634. The second kappa shape index (κ2) is 5.31. The summed E-state index contributed by atoms with van der Waals surface area (Å²) < 4.78 is 5.09. The first-order chi connectivity index (χ1) is 10.3. The molecule has 5 heterocycles. The summed E-state index contributed by atoms with van der Waals surface area (Å²) in [5.41, 5.74) is 1.03. The van der Waals surface area contributed by atoms with Crippen molar-refractivity contribution in [2.45, 2.75) is 18.9 Å². The maximum atomic E-state index is 12.4. The van der Waals surface area contributed by atoms with E-state index in [-0.39, 0.29) is 5.91 Å². The van der Waals surface area contributed by atoms with Crippen LogP contribution in [0.3, 0.4) is 0 Å². The van der Waals surface area contributed by atoms with Crippen molar-refractivity contribution in [2.75, 3.05) is 19.6 Å². The van der Waals surface area contributed by atoms with Gasteiger partial charge in [0.2, 0.25) is 0 Å². The summed E-state index contributed by atoms with van der Waals surface area (Å²) in [5.74, 6) is 0.723. The van der Waals surface area contributed by atoms with Gasteiger partial charge in [-0.2, -0.15) is 0 Å². The summed E-state index contributed by atoms with van der Waals surface area (Å²) in [6.45, 7) is 3.40. The van der Waals surface area contributed by atoms with Crippen LogP contribution in [0.25, 0.3) is 10.4 Å². The zero-order valence-corrected chi connectivity index (χ0v) is 12.6. The standard InChI is InChI=1S/C16H18N2O2S/c19-16(17-13-9-18-6-3-11(13)4-7-18)15-2-1-14(21-15)12-5-8-20-10-12/h1-2,5,8,10-11,13H,3-4,6-7,9H2,(H,17,19)/t13-/m0/s1. The topological polar surface area (TPSA) is 45.5 Å². The highest BCUT2D eigenvalue weighted by Gasteiger charge is 2.35. The maximum absolute atomic E-state index is 12.4. The van der Waals surface area contributed by atoms with Gasteiger partial charge in [-0.25, -0.2) is 0 Å². The SMILES string of the molecule is O=C(N[C@H]1CN2CCC1CC2)c1ccc(-c2ccoc2)s1. The van der Waals surface area contributed by atoms with E-state index in [1.54, 1.807) is 12.5 Å². The summed E-state index contributed by atoms with van der Waals surface area (Å²) in [4.78, 5) is 16.7. The fraction of sp³-hybridized carbons (Fsp3) is 0.438. The molecule has 0 aliphatic carbocycles. The van der Waals surface area contributed by atoms with Crippen molar-refractivity contribution in [1.29, 1.82) is 0 Å². The molecule has 2 bridgehead atoms. The smallest absolute Gasteiger partial charge is 0.261 e. The highest BCUT2D eigenvalue weighted by molar-refractivity contribution is 7.17. The number of carbonyl (C=O) groups excluding carboxylic acids is 1. The summed E-state index contributed by atoms with van der Waals surface area (Å²) in [7, 11) is 0. The van der Waals surface area contributed by atoms with Crippen LogP contribution in [0.4, 0.5) is 0 Å². The molecule has 110 valence electrons. The first kappa shape index (κ1) is 13.1. The zero-order chi connectivity index (χ0) is 14.2. The molecule has 3 fully saturated rings. The number of hydrogen-bond donors (Lipinski definition) is 1. The Labute approximate surface area is 127 Å². The third-order valence-corrected chi connectivity index (χ3v) is 5.74. The first-order valence-corrected chi connectivity index (χ1v) is 8.27. The molecule has 3 saturated heterocycles. The van der Waals surface area contributed by atoms with Crippen molar-refractivity contribution >= 4 is 17.2 Å². The van der Waals surface area contributed by atoms with Crippen LogP contribution in [0.2, 0.25) is 0 Å². The number of amides is 1. The number of carbonyl (C=O) groups is 1. The van der Waals surface area contributed by atoms with Crippen LogP contribution in [0.1, 0.15) is 22.5 Å². The molecular formula is C16H18N2O2S. The van der Waals surface area contributed by atoms with Crippen molar-refractivity contribution < 1.29 is 9.21 Å². The summed E-state index contributed by atoms with van der Waals surface area (Å²) >= 11 is 1.52. The Morgan fingerprint density at radius 1 is 1.29 bits per heavy atom. The maximum Gasteiger partial charge on any atom is 0.261 e. The number of fused-ring (bicyclic) bond motifs is 3. The normalized spacial score (nSPS) is 27.7. The quantitative estimate of drug-likeness (QED) is 0.948. The Balaban J connectivity index is 1.46. The van der Waals surface area contributed by atoms with E-state index in [0.29, 0.717) is 12.0 Å². The van der Waals surface area contributed by atoms with Crippen molar-refractivity contribution in [3.8, 4) is 10.4 Å². The van der Waals surface area contributed by atoms with Gasteiger partial charge in [0.1, 0.15) is 0 Å².